The summed E-state index contributed by atoms with van der Waals surface area (Å²) in [5, 5.41) is 13.4. The van der Waals surface area contributed by atoms with Crippen molar-refractivity contribution in [1.29, 1.82) is 0 Å². The highest BCUT2D eigenvalue weighted by Crippen LogP contribution is 2.22. The van der Waals surface area contributed by atoms with Crippen molar-refractivity contribution >= 4 is 28.1 Å². The highest BCUT2D eigenvalue weighted by atomic mass is 79.9. The zero-order valence-corrected chi connectivity index (χ0v) is 15.1. The second kappa shape index (κ2) is 8.49. The van der Waals surface area contributed by atoms with E-state index < -0.39 is 5.91 Å². The van der Waals surface area contributed by atoms with Gasteiger partial charge in [0.2, 0.25) is 0 Å². The van der Waals surface area contributed by atoms with Crippen LogP contribution in [-0.2, 0) is 0 Å². The molecule has 5 nitrogen and oxygen atoms in total. The Labute approximate surface area is 149 Å². The number of hydrogen-bond acceptors (Lipinski definition) is 4. The molecule has 0 radical (unpaired) electrons. The van der Waals surface area contributed by atoms with Gasteiger partial charge in [-0.3, -0.25) is 4.79 Å². The molecule has 6 heteroatoms. The zero-order valence-electron chi connectivity index (χ0n) is 13.5. The summed E-state index contributed by atoms with van der Waals surface area (Å²) in [6.45, 7) is 4.74. The number of nitrogens with zero attached hydrogens (tertiary/aromatic N) is 1. The molecule has 0 unspecified atom stereocenters. The predicted molar refractivity (Wildman–Crippen MR) is 97.6 cm³/mol. The van der Waals surface area contributed by atoms with Crippen LogP contribution in [0.15, 0.2) is 52.0 Å². The first-order chi connectivity index (χ1) is 11.5. The number of nitrogens with one attached hydrogen (secondary N) is 1. The summed E-state index contributed by atoms with van der Waals surface area (Å²) in [6, 6.07) is 11.7. The van der Waals surface area contributed by atoms with E-state index >= 15 is 0 Å². The van der Waals surface area contributed by atoms with Crippen molar-refractivity contribution in [3.8, 4) is 11.5 Å². The fourth-order valence-electron chi connectivity index (χ4n) is 1.88. The van der Waals surface area contributed by atoms with Crippen LogP contribution < -0.4 is 10.2 Å². The summed E-state index contributed by atoms with van der Waals surface area (Å²) in [6.07, 6.45) is 1.53. The number of halogens is 1. The lowest BCUT2D eigenvalue weighted by Gasteiger charge is -2.11. The maximum absolute atomic E-state index is 12.0. The molecule has 0 aliphatic rings. The van der Waals surface area contributed by atoms with Crippen molar-refractivity contribution in [2.45, 2.75) is 13.8 Å². The Morgan fingerprint density at radius 1 is 1.33 bits per heavy atom. The van der Waals surface area contributed by atoms with Gasteiger partial charge in [-0.1, -0.05) is 35.8 Å². The maximum atomic E-state index is 12.0. The van der Waals surface area contributed by atoms with E-state index in [0.29, 0.717) is 23.8 Å². The Morgan fingerprint density at radius 3 is 2.83 bits per heavy atom. The summed E-state index contributed by atoms with van der Waals surface area (Å²) in [7, 11) is 0. The Hall–Kier alpha value is -2.34. The van der Waals surface area contributed by atoms with E-state index in [0.717, 1.165) is 10.0 Å². The summed E-state index contributed by atoms with van der Waals surface area (Å²) < 4.78 is 6.64. The van der Waals surface area contributed by atoms with Crippen LogP contribution in [0.3, 0.4) is 0 Å². The number of aromatic hydroxyl groups is 1. The third kappa shape index (κ3) is 5.38. The molecule has 0 fully saturated rings. The van der Waals surface area contributed by atoms with Crippen molar-refractivity contribution in [3.63, 3.8) is 0 Å². The van der Waals surface area contributed by atoms with Crippen LogP contribution in [0.4, 0.5) is 0 Å². The molecular weight excluding hydrogens is 372 g/mol. The lowest BCUT2D eigenvalue weighted by atomic mass is 10.2. The largest absolute Gasteiger partial charge is 0.508 e. The molecule has 2 aromatic carbocycles. The molecule has 0 aliphatic carbocycles. The maximum Gasteiger partial charge on any atom is 0.271 e. The number of carbonyl (C=O) groups is 1. The minimum absolute atomic E-state index is 0.0305. The summed E-state index contributed by atoms with van der Waals surface area (Å²) in [5.41, 5.74) is 3.52. The minimum atomic E-state index is -0.401. The normalized spacial score (nSPS) is 11.0. The van der Waals surface area contributed by atoms with Gasteiger partial charge >= 0.3 is 0 Å². The molecule has 0 spiro atoms. The number of hydrogen-bond donors (Lipinski definition) is 2. The van der Waals surface area contributed by atoms with Crippen LogP contribution in [0.1, 0.15) is 29.8 Å². The molecule has 126 valence electrons. The van der Waals surface area contributed by atoms with Gasteiger partial charge in [-0.05, 0) is 42.3 Å². The SMILES string of the molecule is CC(C)COc1ccc(Br)cc1C=NNC(=O)c1cccc(O)c1. The van der Waals surface area contributed by atoms with Crippen molar-refractivity contribution in [1.82, 2.24) is 5.43 Å². The monoisotopic (exact) mass is 390 g/mol. The van der Waals surface area contributed by atoms with Crippen molar-refractivity contribution in [3.05, 3.63) is 58.1 Å². The molecule has 0 aliphatic heterocycles. The molecule has 2 rings (SSSR count). The second-order valence-corrected chi connectivity index (χ2v) is 6.55. The van der Waals surface area contributed by atoms with E-state index in [9.17, 15) is 9.90 Å². The molecule has 0 aromatic heterocycles. The molecule has 2 N–H and O–H groups in total. The molecule has 24 heavy (non-hydrogen) atoms. The highest BCUT2D eigenvalue weighted by molar-refractivity contribution is 9.10. The number of benzene rings is 2. The Bertz CT molecular complexity index is 745. The minimum Gasteiger partial charge on any atom is -0.508 e. The first kappa shape index (κ1) is 18.0. The molecule has 0 heterocycles. The van der Waals surface area contributed by atoms with E-state index in [1.165, 1.54) is 18.3 Å². The van der Waals surface area contributed by atoms with Gasteiger partial charge in [-0.25, -0.2) is 5.43 Å². The first-order valence-corrected chi connectivity index (χ1v) is 8.30. The number of ether oxygens (including phenoxy) is 1. The van der Waals surface area contributed by atoms with E-state index in [1.54, 1.807) is 12.1 Å². The number of carbonyl (C=O) groups excluding carboxylic acids is 1. The van der Waals surface area contributed by atoms with Gasteiger partial charge in [-0.2, -0.15) is 5.10 Å². The van der Waals surface area contributed by atoms with Gasteiger partial charge < -0.3 is 9.84 Å². The molecule has 1 amide bonds. The van der Waals surface area contributed by atoms with Crippen LogP contribution in [-0.4, -0.2) is 23.8 Å². The molecule has 0 bridgehead atoms. The van der Waals surface area contributed by atoms with Crippen molar-refractivity contribution in [2.75, 3.05) is 6.61 Å². The zero-order chi connectivity index (χ0) is 17.5. The Kier molecular flexibility index (Phi) is 6.37. The summed E-state index contributed by atoms with van der Waals surface area (Å²) >= 11 is 3.41. The number of phenolic OH excluding ortho intramolecular Hbond substituents is 1. The van der Waals surface area contributed by atoms with E-state index in [4.69, 9.17) is 4.74 Å². The van der Waals surface area contributed by atoms with E-state index in [2.05, 4.69) is 40.3 Å². The van der Waals surface area contributed by atoms with Gasteiger partial charge in [0.25, 0.3) is 5.91 Å². The topological polar surface area (TPSA) is 70.9 Å². The fraction of sp³-hybridized carbons (Fsp3) is 0.222. The number of rotatable bonds is 6. The third-order valence-corrected chi connectivity index (χ3v) is 3.52. The van der Waals surface area contributed by atoms with E-state index in [1.807, 2.05) is 18.2 Å². The molecule has 2 aromatic rings. The number of hydrazone groups is 1. The van der Waals surface area contributed by atoms with Gasteiger partial charge in [0.15, 0.2) is 0 Å². The molecule has 0 atom stereocenters. The highest BCUT2D eigenvalue weighted by Gasteiger charge is 2.06. The van der Waals surface area contributed by atoms with Crippen LogP contribution >= 0.6 is 15.9 Å². The average molecular weight is 391 g/mol. The second-order valence-electron chi connectivity index (χ2n) is 5.64. The molecule has 0 saturated heterocycles. The van der Waals surface area contributed by atoms with Gasteiger partial charge in [0, 0.05) is 15.6 Å². The fourth-order valence-corrected chi connectivity index (χ4v) is 2.26. The van der Waals surface area contributed by atoms with Crippen LogP contribution in [0.25, 0.3) is 0 Å². The van der Waals surface area contributed by atoms with Crippen molar-refractivity contribution < 1.29 is 14.6 Å². The standard InChI is InChI=1S/C18H19BrN2O3/c1-12(2)11-24-17-7-6-15(19)8-14(17)10-20-21-18(23)13-4-3-5-16(22)9-13/h3-10,12,22H,11H2,1-2H3,(H,21,23). The van der Waals surface area contributed by atoms with Gasteiger partial charge in [0.1, 0.15) is 11.5 Å². The molecule has 0 saturated carbocycles. The smallest absolute Gasteiger partial charge is 0.271 e. The average Bonchev–Trinajstić information content (AvgIpc) is 2.53. The van der Waals surface area contributed by atoms with Crippen LogP contribution in [0.5, 0.6) is 11.5 Å². The molecular formula is C18H19BrN2O3. The van der Waals surface area contributed by atoms with Gasteiger partial charge in [-0.15, -0.1) is 0 Å². The first-order valence-electron chi connectivity index (χ1n) is 7.50. The van der Waals surface area contributed by atoms with Crippen molar-refractivity contribution in [2.24, 2.45) is 11.0 Å². The lowest BCUT2D eigenvalue weighted by molar-refractivity contribution is 0.0954. The van der Waals surface area contributed by atoms with Gasteiger partial charge in [0.05, 0.1) is 12.8 Å². The summed E-state index contributed by atoms with van der Waals surface area (Å²) in [4.78, 5) is 12.0. The third-order valence-electron chi connectivity index (χ3n) is 3.02. The van der Waals surface area contributed by atoms with Crippen LogP contribution in [0, 0.1) is 5.92 Å². The van der Waals surface area contributed by atoms with E-state index in [-0.39, 0.29) is 5.75 Å². The quantitative estimate of drug-likeness (QED) is 0.579. The Morgan fingerprint density at radius 2 is 2.12 bits per heavy atom. The number of amides is 1. The predicted octanol–water partition coefficient (Wildman–Crippen LogP) is 3.95. The lowest BCUT2D eigenvalue weighted by Crippen LogP contribution is -2.17. The summed E-state index contributed by atoms with van der Waals surface area (Å²) in [5.74, 6) is 0.732. The number of phenols is 1. The van der Waals surface area contributed by atoms with Crippen LogP contribution in [0.2, 0.25) is 0 Å². The Balaban J connectivity index is 2.07.